The van der Waals surface area contributed by atoms with Crippen molar-refractivity contribution in [2.75, 3.05) is 36.1 Å². The maximum atomic E-state index is 12.9. The first kappa shape index (κ1) is 18.0. The van der Waals surface area contributed by atoms with Crippen molar-refractivity contribution in [2.45, 2.75) is 6.92 Å². The lowest BCUT2D eigenvalue weighted by Crippen LogP contribution is -2.54. The van der Waals surface area contributed by atoms with Gasteiger partial charge in [-0.15, -0.1) is 0 Å². The molecule has 2 aliphatic heterocycles. The van der Waals surface area contributed by atoms with Gasteiger partial charge in [0.15, 0.2) is 5.88 Å². The molecule has 2 aliphatic rings. The highest BCUT2D eigenvalue weighted by atomic mass is 16.5. The first-order valence-electron chi connectivity index (χ1n) is 8.94. The molecule has 2 saturated heterocycles. The number of carbonyl (C=O) groups is 3. The summed E-state index contributed by atoms with van der Waals surface area (Å²) in [7, 11) is 0. The summed E-state index contributed by atoms with van der Waals surface area (Å²) in [6, 6.07) is 9.68. The van der Waals surface area contributed by atoms with E-state index in [1.54, 1.807) is 37.3 Å². The molecule has 1 N–H and O–H groups in total. The van der Waals surface area contributed by atoms with E-state index in [1.165, 1.54) is 6.08 Å². The van der Waals surface area contributed by atoms with E-state index in [0.29, 0.717) is 43.6 Å². The summed E-state index contributed by atoms with van der Waals surface area (Å²) in [5.41, 5.74) is 1.01. The fraction of sp³-hybridized carbons (Fsp3) is 0.250. The highest BCUT2D eigenvalue weighted by Gasteiger charge is 2.37. The van der Waals surface area contributed by atoms with Crippen LogP contribution in [0.25, 0.3) is 6.08 Å². The zero-order chi connectivity index (χ0) is 19.7. The zero-order valence-corrected chi connectivity index (χ0v) is 15.3. The van der Waals surface area contributed by atoms with Crippen molar-refractivity contribution < 1.29 is 23.5 Å². The van der Waals surface area contributed by atoms with Gasteiger partial charge in [-0.25, -0.2) is 9.69 Å². The van der Waals surface area contributed by atoms with Gasteiger partial charge in [-0.1, -0.05) is 18.2 Å². The summed E-state index contributed by atoms with van der Waals surface area (Å²) >= 11 is 0. The molecule has 8 heteroatoms. The highest BCUT2D eigenvalue weighted by Crippen LogP contribution is 2.26. The first-order chi connectivity index (χ1) is 13.5. The van der Waals surface area contributed by atoms with Crippen LogP contribution in [0.2, 0.25) is 0 Å². The fourth-order valence-corrected chi connectivity index (χ4v) is 3.21. The van der Waals surface area contributed by atoms with E-state index in [9.17, 15) is 14.4 Å². The summed E-state index contributed by atoms with van der Waals surface area (Å²) in [5.74, 6) is -0.429. The van der Waals surface area contributed by atoms with Crippen molar-refractivity contribution in [1.29, 1.82) is 0 Å². The van der Waals surface area contributed by atoms with Gasteiger partial charge in [0.25, 0.3) is 11.8 Å². The van der Waals surface area contributed by atoms with E-state index in [0.717, 1.165) is 10.5 Å². The molecule has 144 valence electrons. The highest BCUT2D eigenvalue weighted by molar-refractivity contribution is 6.39. The Balaban J connectivity index is 1.64. The number of hydrogen-bond acceptors (Lipinski definition) is 6. The Morgan fingerprint density at radius 1 is 1.04 bits per heavy atom. The summed E-state index contributed by atoms with van der Waals surface area (Å²) in [6.45, 7) is 4.44. The average Bonchev–Trinajstić information content (AvgIpc) is 3.16. The lowest BCUT2D eigenvalue weighted by Gasteiger charge is -2.27. The molecule has 0 spiro atoms. The average molecular weight is 381 g/mol. The third-order valence-electron chi connectivity index (χ3n) is 4.68. The third-order valence-corrected chi connectivity index (χ3v) is 4.68. The zero-order valence-electron chi connectivity index (χ0n) is 15.3. The number of nitrogens with zero attached hydrogens (tertiary/aromatic N) is 2. The van der Waals surface area contributed by atoms with Gasteiger partial charge in [-0.2, -0.15) is 0 Å². The molecule has 3 heterocycles. The molecule has 0 saturated carbocycles. The van der Waals surface area contributed by atoms with E-state index in [2.05, 4.69) is 5.32 Å². The van der Waals surface area contributed by atoms with Gasteiger partial charge < -0.3 is 14.1 Å². The molecule has 1 aromatic carbocycles. The molecule has 2 fully saturated rings. The third kappa shape index (κ3) is 3.29. The van der Waals surface area contributed by atoms with E-state index in [1.807, 2.05) is 11.0 Å². The van der Waals surface area contributed by atoms with Crippen molar-refractivity contribution in [3.8, 4) is 0 Å². The fourth-order valence-electron chi connectivity index (χ4n) is 3.21. The Hall–Kier alpha value is -3.39. The Kier molecular flexibility index (Phi) is 4.70. The van der Waals surface area contributed by atoms with Gasteiger partial charge in [-0.3, -0.25) is 14.9 Å². The minimum absolute atomic E-state index is 0.161. The number of para-hydroxylation sites is 1. The van der Waals surface area contributed by atoms with Crippen molar-refractivity contribution in [3.63, 3.8) is 0 Å². The van der Waals surface area contributed by atoms with Crippen molar-refractivity contribution in [1.82, 2.24) is 5.32 Å². The Labute approximate surface area is 161 Å². The van der Waals surface area contributed by atoms with Crippen LogP contribution in [0.15, 0.2) is 46.4 Å². The van der Waals surface area contributed by atoms with Crippen LogP contribution in [0.5, 0.6) is 0 Å². The predicted molar refractivity (Wildman–Crippen MR) is 102 cm³/mol. The van der Waals surface area contributed by atoms with Crippen LogP contribution in [0.3, 0.4) is 0 Å². The van der Waals surface area contributed by atoms with Gasteiger partial charge >= 0.3 is 6.03 Å². The Bertz CT molecular complexity index is 972. The summed E-state index contributed by atoms with van der Waals surface area (Å²) in [6.07, 6.45) is 1.36. The molecule has 0 atom stereocenters. The number of amides is 4. The lowest BCUT2D eigenvalue weighted by atomic mass is 10.1. The minimum atomic E-state index is -0.769. The molecule has 2 aromatic rings. The largest absolute Gasteiger partial charge is 0.441 e. The van der Waals surface area contributed by atoms with Crippen LogP contribution in [-0.2, 0) is 14.3 Å². The topological polar surface area (TPSA) is 92.1 Å². The SMILES string of the molecule is Cc1ccccc1N1C(=O)NC(=O)C(=Cc2ccc(N3CCOCC3)o2)C1=O. The number of rotatable bonds is 3. The number of carbonyl (C=O) groups excluding carboxylic acids is 3. The molecule has 8 nitrogen and oxygen atoms in total. The number of imide groups is 2. The normalized spacial score (nSPS) is 19.3. The van der Waals surface area contributed by atoms with E-state index >= 15 is 0 Å². The molecule has 0 bridgehead atoms. The van der Waals surface area contributed by atoms with Crippen molar-refractivity contribution in [3.05, 3.63) is 53.3 Å². The van der Waals surface area contributed by atoms with Crippen LogP contribution < -0.4 is 15.1 Å². The second kappa shape index (κ2) is 7.32. The molecule has 0 unspecified atom stereocenters. The number of urea groups is 1. The van der Waals surface area contributed by atoms with Crippen LogP contribution in [0.1, 0.15) is 11.3 Å². The number of anilines is 2. The van der Waals surface area contributed by atoms with Gasteiger partial charge in [0.1, 0.15) is 11.3 Å². The molecule has 0 radical (unpaired) electrons. The lowest BCUT2D eigenvalue weighted by molar-refractivity contribution is -0.122. The molecular formula is C20H19N3O5. The number of aryl methyl sites for hydroxylation is 1. The number of ether oxygens (including phenoxy) is 1. The number of furan rings is 1. The standard InChI is InChI=1S/C20H19N3O5/c1-13-4-2-3-5-16(13)23-19(25)15(18(24)21-20(23)26)12-14-6-7-17(28-14)22-8-10-27-11-9-22/h2-7,12H,8-11H2,1H3,(H,21,24,26). The number of hydrogen-bond donors (Lipinski definition) is 1. The second-order valence-electron chi connectivity index (χ2n) is 6.52. The maximum Gasteiger partial charge on any atom is 0.335 e. The molecule has 1 aromatic heterocycles. The summed E-state index contributed by atoms with van der Waals surface area (Å²) in [4.78, 5) is 40.5. The molecule has 4 rings (SSSR count). The van der Waals surface area contributed by atoms with Crippen LogP contribution in [0.4, 0.5) is 16.4 Å². The van der Waals surface area contributed by atoms with Gasteiger partial charge in [0.2, 0.25) is 0 Å². The van der Waals surface area contributed by atoms with E-state index in [-0.39, 0.29) is 5.57 Å². The molecule has 28 heavy (non-hydrogen) atoms. The van der Waals surface area contributed by atoms with Crippen LogP contribution in [0, 0.1) is 6.92 Å². The summed E-state index contributed by atoms with van der Waals surface area (Å²) < 4.78 is 11.1. The van der Waals surface area contributed by atoms with Crippen molar-refractivity contribution >= 4 is 35.5 Å². The van der Waals surface area contributed by atoms with Gasteiger partial charge in [0.05, 0.1) is 18.9 Å². The van der Waals surface area contributed by atoms with Gasteiger partial charge in [-0.05, 0) is 30.7 Å². The van der Waals surface area contributed by atoms with Crippen LogP contribution >= 0.6 is 0 Å². The number of morpholine rings is 1. The van der Waals surface area contributed by atoms with Crippen molar-refractivity contribution in [2.24, 2.45) is 0 Å². The molecule has 4 amide bonds. The molecule has 0 aliphatic carbocycles. The van der Waals surface area contributed by atoms with Gasteiger partial charge in [0, 0.05) is 19.2 Å². The number of benzene rings is 1. The Morgan fingerprint density at radius 2 is 1.79 bits per heavy atom. The maximum absolute atomic E-state index is 12.9. The summed E-state index contributed by atoms with van der Waals surface area (Å²) in [5, 5.41) is 2.22. The minimum Gasteiger partial charge on any atom is -0.441 e. The second-order valence-corrected chi connectivity index (χ2v) is 6.52. The smallest absolute Gasteiger partial charge is 0.335 e. The van der Waals surface area contributed by atoms with Crippen LogP contribution in [-0.4, -0.2) is 44.1 Å². The van der Waals surface area contributed by atoms with E-state index in [4.69, 9.17) is 9.15 Å². The monoisotopic (exact) mass is 381 g/mol. The first-order valence-corrected chi connectivity index (χ1v) is 8.94. The molecular weight excluding hydrogens is 362 g/mol. The van der Waals surface area contributed by atoms with E-state index < -0.39 is 17.8 Å². The predicted octanol–water partition coefficient (Wildman–Crippen LogP) is 2.09. The quantitative estimate of drug-likeness (QED) is 0.647. The number of barbiturate groups is 1. The Morgan fingerprint density at radius 3 is 2.54 bits per heavy atom. The number of nitrogens with one attached hydrogen (secondary N) is 1.